The molecule has 1 unspecified atom stereocenters. The van der Waals surface area contributed by atoms with Gasteiger partial charge in [0.15, 0.2) is 0 Å². The van der Waals surface area contributed by atoms with Crippen LogP contribution in [0.4, 0.5) is 0 Å². The second kappa shape index (κ2) is 5.04. The summed E-state index contributed by atoms with van der Waals surface area (Å²) in [6.07, 6.45) is 9.81. The van der Waals surface area contributed by atoms with E-state index in [9.17, 15) is 0 Å². The Bertz CT molecular complexity index is 530. The molecule has 2 heterocycles. The lowest BCUT2D eigenvalue weighted by atomic mass is 10.00. The van der Waals surface area contributed by atoms with Gasteiger partial charge in [-0.05, 0) is 37.1 Å². The van der Waals surface area contributed by atoms with Gasteiger partial charge >= 0.3 is 0 Å². The molecule has 0 spiro atoms. The highest BCUT2D eigenvalue weighted by atomic mass is 15.1. The molecule has 94 valence electrons. The Kier molecular flexibility index (Phi) is 3.46. The van der Waals surface area contributed by atoms with E-state index in [1.54, 1.807) is 7.05 Å². The third-order valence-corrected chi connectivity index (χ3v) is 3.02. The number of rotatable bonds is 2. The molecule has 4 nitrogen and oxygen atoms in total. The maximum Gasteiger partial charge on any atom is 0.132 e. The highest BCUT2D eigenvalue weighted by molar-refractivity contribution is 5.99. The van der Waals surface area contributed by atoms with Crippen molar-refractivity contribution in [3.8, 4) is 0 Å². The lowest BCUT2D eigenvalue weighted by Gasteiger charge is -2.24. The van der Waals surface area contributed by atoms with Gasteiger partial charge in [0.25, 0.3) is 0 Å². The number of aliphatic imine (C=N–C) groups is 2. The summed E-state index contributed by atoms with van der Waals surface area (Å²) in [5.41, 5.74) is 9.93. The van der Waals surface area contributed by atoms with Crippen molar-refractivity contribution in [3.05, 3.63) is 46.8 Å². The first-order chi connectivity index (χ1) is 8.67. The number of fused-ring (bicyclic) bond motifs is 1. The van der Waals surface area contributed by atoms with E-state index in [0.29, 0.717) is 0 Å². The third kappa shape index (κ3) is 2.14. The van der Waals surface area contributed by atoms with Gasteiger partial charge in [-0.25, -0.2) is 0 Å². The standard InChI is InChI=1S/C14H18N4/c1-4-5-9(2)12(15)11-8-10-6-7-17-13(10)14(16-3)18-11/h4-8,13H,15H2,1-3H3,(H,16,18)/b5-4-,12-9-. The van der Waals surface area contributed by atoms with Gasteiger partial charge in [0.1, 0.15) is 11.9 Å². The summed E-state index contributed by atoms with van der Waals surface area (Å²) in [5.74, 6) is 0.837. The van der Waals surface area contributed by atoms with Crippen LogP contribution in [0.15, 0.2) is 56.8 Å². The van der Waals surface area contributed by atoms with Crippen molar-refractivity contribution in [2.24, 2.45) is 15.7 Å². The molecule has 2 aliphatic rings. The van der Waals surface area contributed by atoms with Gasteiger partial charge in [0.05, 0.1) is 11.4 Å². The maximum atomic E-state index is 6.15. The highest BCUT2D eigenvalue weighted by Gasteiger charge is 2.26. The maximum absolute atomic E-state index is 6.15. The minimum absolute atomic E-state index is 0.00794. The van der Waals surface area contributed by atoms with Crippen LogP contribution >= 0.6 is 0 Å². The number of hydrogen-bond acceptors (Lipinski definition) is 3. The Morgan fingerprint density at radius 1 is 1.56 bits per heavy atom. The van der Waals surface area contributed by atoms with Crippen LogP contribution in [0.5, 0.6) is 0 Å². The molecule has 2 aliphatic heterocycles. The van der Waals surface area contributed by atoms with Crippen molar-refractivity contribution in [1.82, 2.24) is 5.32 Å². The Morgan fingerprint density at radius 3 is 3.00 bits per heavy atom. The van der Waals surface area contributed by atoms with Gasteiger partial charge in [0, 0.05) is 13.3 Å². The molecule has 0 aliphatic carbocycles. The SMILES string of the molecule is C/C=C\C(C)=C(/N)C1=CC2=CC=NC2C(=NC)N1. The summed E-state index contributed by atoms with van der Waals surface area (Å²) in [7, 11) is 1.76. The average molecular weight is 242 g/mol. The van der Waals surface area contributed by atoms with E-state index >= 15 is 0 Å². The largest absolute Gasteiger partial charge is 0.397 e. The van der Waals surface area contributed by atoms with Crippen LogP contribution in [-0.4, -0.2) is 25.1 Å². The lowest BCUT2D eigenvalue weighted by Crippen LogP contribution is -2.38. The first-order valence-corrected chi connectivity index (χ1v) is 5.95. The van der Waals surface area contributed by atoms with E-state index in [2.05, 4.69) is 15.3 Å². The molecule has 0 aromatic rings. The van der Waals surface area contributed by atoms with Gasteiger partial charge in [-0.15, -0.1) is 0 Å². The number of hydrogen-bond donors (Lipinski definition) is 2. The third-order valence-electron chi connectivity index (χ3n) is 3.02. The summed E-state index contributed by atoms with van der Waals surface area (Å²) >= 11 is 0. The second-order valence-electron chi connectivity index (χ2n) is 4.26. The highest BCUT2D eigenvalue weighted by Crippen LogP contribution is 2.23. The van der Waals surface area contributed by atoms with Crippen molar-refractivity contribution in [3.63, 3.8) is 0 Å². The molecule has 0 bridgehead atoms. The van der Waals surface area contributed by atoms with Crippen LogP contribution in [0.3, 0.4) is 0 Å². The lowest BCUT2D eigenvalue weighted by molar-refractivity contribution is 0.920. The minimum atomic E-state index is 0.00794. The minimum Gasteiger partial charge on any atom is -0.397 e. The zero-order valence-corrected chi connectivity index (χ0v) is 10.9. The van der Waals surface area contributed by atoms with Gasteiger partial charge in [-0.1, -0.05) is 12.2 Å². The van der Waals surface area contributed by atoms with Gasteiger partial charge in [0.2, 0.25) is 0 Å². The molecule has 0 radical (unpaired) electrons. The van der Waals surface area contributed by atoms with Crippen molar-refractivity contribution in [2.45, 2.75) is 19.9 Å². The fraction of sp³-hybridized carbons (Fsp3) is 0.286. The number of allylic oxidation sites excluding steroid dienone is 4. The molecular formula is C14H18N4. The Morgan fingerprint density at radius 2 is 2.33 bits per heavy atom. The monoisotopic (exact) mass is 242 g/mol. The van der Waals surface area contributed by atoms with E-state index in [4.69, 9.17) is 5.73 Å². The van der Waals surface area contributed by atoms with Crippen LogP contribution < -0.4 is 11.1 Å². The van der Waals surface area contributed by atoms with E-state index in [0.717, 1.165) is 28.4 Å². The summed E-state index contributed by atoms with van der Waals surface area (Å²) in [6, 6.07) is 0.00794. The quantitative estimate of drug-likeness (QED) is 0.724. The number of nitrogens with one attached hydrogen (secondary N) is 1. The number of nitrogens with two attached hydrogens (primary N) is 1. The smallest absolute Gasteiger partial charge is 0.132 e. The van der Waals surface area contributed by atoms with Crippen LogP contribution in [0.25, 0.3) is 0 Å². The molecule has 0 saturated carbocycles. The normalized spacial score (nSPS) is 25.7. The molecule has 0 saturated heterocycles. The van der Waals surface area contributed by atoms with Crippen LogP contribution in [0.1, 0.15) is 13.8 Å². The van der Waals surface area contributed by atoms with E-state index in [1.165, 1.54) is 0 Å². The van der Waals surface area contributed by atoms with E-state index < -0.39 is 0 Å². The molecule has 1 atom stereocenters. The Hall–Kier alpha value is -2.10. The molecule has 3 N–H and O–H groups in total. The summed E-state index contributed by atoms with van der Waals surface area (Å²) < 4.78 is 0. The number of amidine groups is 1. The van der Waals surface area contributed by atoms with Crippen molar-refractivity contribution in [1.29, 1.82) is 0 Å². The van der Waals surface area contributed by atoms with Gasteiger partial charge in [-0.3, -0.25) is 9.98 Å². The van der Waals surface area contributed by atoms with Crippen LogP contribution in [0.2, 0.25) is 0 Å². The topological polar surface area (TPSA) is 62.8 Å². The molecule has 0 aromatic heterocycles. The van der Waals surface area contributed by atoms with E-state index in [1.807, 2.05) is 44.4 Å². The fourth-order valence-electron chi connectivity index (χ4n) is 2.03. The molecule has 0 fully saturated rings. The van der Waals surface area contributed by atoms with Gasteiger partial charge in [-0.2, -0.15) is 0 Å². The summed E-state index contributed by atoms with van der Waals surface area (Å²) in [4.78, 5) is 8.60. The van der Waals surface area contributed by atoms with E-state index in [-0.39, 0.29) is 6.04 Å². The fourth-order valence-corrected chi connectivity index (χ4v) is 2.03. The molecule has 2 rings (SSSR count). The zero-order valence-electron chi connectivity index (χ0n) is 10.9. The second-order valence-corrected chi connectivity index (χ2v) is 4.26. The average Bonchev–Trinajstić information content (AvgIpc) is 2.85. The first-order valence-electron chi connectivity index (χ1n) is 5.95. The van der Waals surface area contributed by atoms with Gasteiger partial charge < -0.3 is 11.1 Å². The Labute approximate surface area is 107 Å². The molecule has 18 heavy (non-hydrogen) atoms. The number of nitrogens with zero attached hydrogens (tertiary/aromatic N) is 2. The van der Waals surface area contributed by atoms with Crippen molar-refractivity contribution in [2.75, 3.05) is 7.05 Å². The first kappa shape index (κ1) is 12.4. The van der Waals surface area contributed by atoms with Crippen LogP contribution in [0, 0.1) is 0 Å². The molecule has 0 amide bonds. The molecule has 4 heteroatoms. The Balaban J connectivity index is 2.39. The molecular weight excluding hydrogens is 224 g/mol. The van der Waals surface area contributed by atoms with Crippen LogP contribution in [-0.2, 0) is 0 Å². The van der Waals surface area contributed by atoms with Crippen molar-refractivity contribution >= 4 is 12.1 Å². The predicted molar refractivity (Wildman–Crippen MR) is 76.6 cm³/mol. The summed E-state index contributed by atoms with van der Waals surface area (Å²) in [6.45, 7) is 3.97. The zero-order chi connectivity index (χ0) is 13.1. The van der Waals surface area contributed by atoms with Crippen molar-refractivity contribution < 1.29 is 0 Å². The molecule has 0 aromatic carbocycles. The predicted octanol–water partition coefficient (Wildman–Crippen LogP) is 1.69. The summed E-state index contributed by atoms with van der Waals surface area (Å²) in [5, 5.41) is 3.25.